The third kappa shape index (κ3) is 3.43. The number of aliphatic hydroxyl groups excluding tert-OH is 1. The van der Waals surface area contributed by atoms with Crippen LogP contribution in [0.5, 0.6) is 5.75 Å². The summed E-state index contributed by atoms with van der Waals surface area (Å²) in [5.74, 6) is -0.352. The van der Waals surface area contributed by atoms with Gasteiger partial charge in [0.25, 0.3) is 5.91 Å². The molecule has 2 rings (SSSR count). The number of carbonyl (C=O) groups excluding carboxylic acids is 1. The smallest absolute Gasteiger partial charge is 0.271 e. The number of amides is 1. The number of rotatable bonds is 4. The van der Waals surface area contributed by atoms with Gasteiger partial charge in [0.15, 0.2) is 0 Å². The van der Waals surface area contributed by atoms with Crippen molar-refractivity contribution in [2.45, 2.75) is 13.5 Å². The van der Waals surface area contributed by atoms with Gasteiger partial charge in [-0.3, -0.25) is 9.78 Å². The van der Waals surface area contributed by atoms with Gasteiger partial charge in [0.1, 0.15) is 5.75 Å². The molecule has 3 N–H and O–H groups in total. The number of aryl methyl sites for hydroxylation is 1. The molecule has 21 heavy (non-hydrogen) atoms. The van der Waals surface area contributed by atoms with Crippen LogP contribution in [0, 0.1) is 6.92 Å². The molecule has 0 unspecified atom stereocenters. The van der Waals surface area contributed by atoms with E-state index >= 15 is 0 Å². The number of hydrogen-bond donors (Lipinski definition) is 3. The van der Waals surface area contributed by atoms with Crippen LogP contribution >= 0.6 is 0 Å². The van der Waals surface area contributed by atoms with E-state index in [1.54, 1.807) is 31.2 Å². The van der Waals surface area contributed by atoms with Crippen molar-refractivity contribution in [3.63, 3.8) is 0 Å². The number of nitrogens with zero attached hydrogens (tertiary/aromatic N) is 2. The molecule has 0 spiro atoms. The van der Waals surface area contributed by atoms with Crippen LogP contribution in [0.25, 0.3) is 0 Å². The van der Waals surface area contributed by atoms with Gasteiger partial charge in [-0.2, -0.15) is 5.10 Å². The van der Waals surface area contributed by atoms with Gasteiger partial charge in [-0.1, -0.05) is 12.1 Å². The fourth-order valence-electron chi connectivity index (χ4n) is 1.76. The van der Waals surface area contributed by atoms with Crippen molar-refractivity contribution >= 4 is 12.1 Å². The molecule has 1 aromatic carbocycles. The van der Waals surface area contributed by atoms with Crippen LogP contribution < -0.4 is 5.43 Å². The molecule has 0 saturated heterocycles. The first-order valence-electron chi connectivity index (χ1n) is 6.29. The number of hydrogen-bond acceptors (Lipinski definition) is 5. The molecule has 108 valence electrons. The zero-order valence-corrected chi connectivity index (χ0v) is 11.4. The third-order valence-electron chi connectivity index (χ3n) is 2.98. The van der Waals surface area contributed by atoms with E-state index in [0.717, 1.165) is 0 Å². The summed E-state index contributed by atoms with van der Waals surface area (Å²) in [6.07, 6.45) is 4.33. The highest BCUT2D eigenvalue weighted by Crippen LogP contribution is 2.23. The molecule has 0 bridgehead atoms. The Morgan fingerprint density at radius 3 is 2.71 bits per heavy atom. The summed E-state index contributed by atoms with van der Waals surface area (Å²) < 4.78 is 0. The minimum absolute atomic E-state index is 0.0310. The summed E-state index contributed by atoms with van der Waals surface area (Å²) >= 11 is 0. The van der Waals surface area contributed by atoms with Gasteiger partial charge in [-0.05, 0) is 30.2 Å². The molecule has 0 aliphatic carbocycles. The summed E-state index contributed by atoms with van der Waals surface area (Å²) in [5, 5.41) is 23.0. The highest BCUT2D eigenvalue weighted by molar-refractivity contribution is 5.95. The van der Waals surface area contributed by atoms with Crippen molar-refractivity contribution in [1.82, 2.24) is 10.4 Å². The van der Waals surface area contributed by atoms with E-state index in [1.807, 2.05) is 0 Å². The lowest BCUT2D eigenvalue weighted by atomic mass is 10.0. The molecule has 1 aromatic heterocycles. The second kappa shape index (κ2) is 6.62. The third-order valence-corrected chi connectivity index (χ3v) is 2.98. The molecule has 6 nitrogen and oxygen atoms in total. The Kier molecular flexibility index (Phi) is 4.63. The van der Waals surface area contributed by atoms with Gasteiger partial charge < -0.3 is 10.2 Å². The van der Waals surface area contributed by atoms with Crippen LogP contribution in [-0.2, 0) is 6.61 Å². The number of pyridine rings is 1. The van der Waals surface area contributed by atoms with Crippen LogP contribution in [0.3, 0.4) is 0 Å². The number of hydrazone groups is 1. The number of carbonyl (C=O) groups is 1. The molecule has 0 radical (unpaired) electrons. The lowest BCUT2D eigenvalue weighted by Gasteiger charge is -2.07. The Hall–Kier alpha value is -2.73. The Bertz CT molecular complexity index is 669. The van der Waals surface area contributed by atoms with Crippen LogP contribution in [0.4, 0.5) is 0 Å². The predicted octanol–water partition coefficient (Wildman–Crippen LogP) is 1.35. The number of aromatic hydroxyl groups is 1. The Balaban J connectivity index is 2.15. The summed E-state index contributed by atoms with van der Waals surface area (Å²) in [4.78, 5) is 15.6. The molecule has 0 aliphatic rings. The fourth-order valence-corrected chi connectivity index (χ4v) is 1.76. The monoisotopic (exact) mass is 285 g/mol. The van der Waals surface area contributed by atoms with Crippen molar-refractivity contribution < 1.29 is 15.0 Å². The molecule has 6 heteroatoms. The van der Waals surface area contributed by atoms with Crippen LogP contribution in [-0.4, -0.2) is 27.3 Å². The summed E-state index contributed by atoms with van der Waals surface area (Å²) in [5.41, 5.74) is 4.36. The van der Waals surface area contributed by atoms with Crippen molar-refractivity contribution in [2.24, 2.45) is 5.10 Å². The molecule has 0 fully saturated rings. The zero-order valence-electron chi connectivity index (χ0n) is 11.4. The number of phenols is 1. The molecular formula is C15H15N3O3. The van der Waals surface area contributed by atoms with Gasteiger partial charge in [0.05, 0.1) is 12.8 Å². The van der Waals surface area contributed by atoms with Crippen LogP contribution in [0.2, 0.25) is 0 Å². The van der Waals surface area contributed by atoms with E-state index in [0.29, 0.717) is 22.3 Å². The Labute approximate surface area is 121 Å². The minimum Gasteiger partial charge on any atom is -0.507 e. The topological polar surface area (TPSA) is 94.8 Å². The van der Waals surface area contributed by atoms with E-state index in [4.69, 9.17) is 0 Å². The molecule has 0 aliphatic heterocycles. The Morgan fingerprint density at radius 1 is 1.33 bits per heavy atom. The SMILES string of the molecule is Cc1ccc(CO)c(/C=N\NC(=O)c2ccncc2)c1O. The van der Waals surface area contributed by atoms with Gasteiger partial charge in [-0.15, -0.1) is 0 Å². The number of phenolic OH excluding ortho intramolecular Hbond substituents is 1. The second-order valence-electron chi connectivity index (χ2n) is 4.40. The quantitative estimate of drug-likeness (QED) is 0.584. The first-order chi connectivity index (χ1) is 10.1. The lowest BCUT2D eigenvalue weighted by Crippen LogP contribution is -2.17. The maximum atomic E-state index is 11.8. The first kappa shape index (κ1) is 14.7. The molecule has 1 heterocycles. The van der Waals surface area contributed by atoms with Crippen molar-refractivity contribution in [2.75, 3.05) is 0 Å². The van der Waals surface area contributed by atoms with Crippen molar-refractivity contribution in [3.05, 3.63) is 58.9 Å². The Morgan fingerprint density at radius 2 is 2.05 bits per heavy atom. The van der Waals surface area contributed by atoms with Crippen molar-refractivity contribution in [1.29, 1.82) is 0 Å². The molecular weight excluding hydrogens is 270 g/mol. The average molecular weight is 285 g/mol. The second-order valence-corrected chi connectivity index (χ2v) is 4.40. The van der Waals surface area contributed by atoms with E-state index in [9.17, 15) is 15.0 Å². The number of benzene rings is 1. The number of aromatic nitrogens is 1. The largest absolute Gasteiger partial charge is 0.507 e. The number of aliphatic hydroxyl groups is 1. The van der Waals surface area contributed by atoms with E-state index in [-0.39, 0.29) is 18.3 Å². The molecule has 1 amide bonds. The number of nitrogens with one attached hydrogen (secondary N) is 1. The van der Waals surface area contributed by atoms with Gasteiger partial charge in [-0.25, -0.2) is 5.43 Å². The first-order valence-corrected chi connectivity index (χ1v) is 6.29. The van der Waals surface area contributed by atoms with Gasteiger partial charge in [0, 0.05) is 23.5 Å². The zero-order chi connectivity index (χ0) is 15.2. The maximum absolute atomic E-state index is 11.8. The molecule has 2 aromatic rings. The normalized spacial score (nSPS) is 10.8. The van der Waals surface area contributed by atoms with Crippen molar-refractivity contribution in [3.8, 4) is 5.75 Å². The fraction of sp³-hybridized carbons (Fsp3) is 0.133. The van der Waals surface area contributed by atoms with E-state index < -0.39 is 0 Å². The predicted molar refractivity (Wildman–Crippen MR) is 78.1 cm³/mol. The van der Waals surface area contributed by atoms with Crippen LogP contribution in [0.15, 0.2) is 41.8 Å². The van der Waals surface area contributed by atoms with Gasteiger partial charge >= 0.3 is 0 Å². The van der Waals surface area contributed by atoms with Gasteiger partial charge in [0.2, 0.25) is 0 Å². The molecule has 0 atom stereocenters. The summed E-state index contributed by atoms with van der Waals surface area (Å²) in [6, 6.07) is 6.52. The standard InChI is InChI=1S/C15H15N3O3/c1-10-2-3-12(9-19)13(14(10)20)8-17-18-15(21)11-4-6-16-7-5-11/h2-8,19-20H,9H2,1H3,(H,18,21)/b17-8-. The van der Waals surface area contributed by atoms with E-state index in [1.165, 1.54) is 18.6 Å². The lowest BCUT2D eigenvalue weighted by molar-refractivity contribution is 0.0955. The maximum Gasteiger partial charge on any atom is 0.271 e. The van der Waals surface area contributed by atoms with E-state index in [2.05, 4.69) is 15.5 Å². The highest BCUT2D eigenvalue weighted by Gasteiger charge is 2.08. The minimum atomic E-state index is -0.383. The molecule has 0 saturated carbocycles. The average Bonchev–Trinajstić information content (AvgIpc) is 2.52. The summed E-state index contributed by atoms with van der Waals surface area (Å²) in [6.45, 7) is 1.51. The van der Waals surface area contributed by atoms with Crippen LogP contribution in [0.1, 0.15) is 27.0 Å². The summed E-state index contributed by atoms with van der Waals surface area (Å²) in [7, 11) is 0. The highest BCUT2D eigenvalue weighted by atomic mass is 16.3.